The van der Waals surface area contributed by atoms with E-state index in [1.807, 2.05) is 48.5 Å². The van der Waals surface area contributed by atoms with Crippen LogP contribution in [-0.2, 0) is 4.79 Å². The Morgan fingerprint density at radius 3 is 2.48 bits per heavy atom. The van der Waals surface area contributed by atoms with Gasteiger partial charge in [0, 0.05) is 17.3 Å². The number of carbonyl (C=O) groups excluding carboxylic acids is 1. The Morgan fingerprint density at radius 1 is 1.00 bits per heavy atom. The highest BCUT2D eigenvalue weighted by atomic mass is 16.3. The number of rotatable bonds is 7. The van der Waals surface area contributed by atoms with Crippen molar-refractivity contribution in [2.75, 3.05) is 5.32 Å². The minimum absolute atomic E-state index is 0.184. The first-order chi connectivity index (χ1) is 15.9. The van der Waals surface area contributed by atoms with Crippen molar-refractivity contribution in [2.24, 2.45) is 0 Å². The molecule has 1 heterocycles. The summed E-state index contributed by atoms with van der Waals surface area (Å²) < 4.78 is 5.98. The van der Waals surface area contributed by atoms with Gasteiger partial charge in [0.1, 0.15) is 5.52 Å². The number of amides is 1. The lowest BCUT2D eigenvalue weighted by Crippen LogP contribution is -2.07. The SMILES string of the molecule is CC[C@H](C)c1ccc2oc(-c3cccc(NC(=O)/C=C/c4ccc(C(C)C)cc4)c3)nc2c1. The van der Waals surface area contributed by atoms with Crippen molar-refractivity contribution >= 4 is 28.8 Å². The van der Waals surface area contributed by atoms with Gasteiger partial charge in [-0.3, -0.25) is 4.79 Å². The molecule has 4 nitrogen and oxygen atoms in total. The van der Waals surface area contributed by atoms with E-state index in [2.05, 4.69) is 62.3 Å². The van der Waals surface area contributed by atoms with Gasteiger partial charge in [-0.15, -0.1) is 0 Å². The summed E-state index contributed by atoms with van der Waals surface area (Å²) in [6.07, 6.45) is 4.45. The molecule has 0 aliphatic carbocycles. The first kappa shape index (κ1) is 22.5. The number of hydrogen-bond donors (Lipinski definition) is 1. The van der Waals surface area contributed by atoms with Crippen molar-refractivity contribution in [1.29, 1.82) is 0 Å². The zero-order valence-electron chi connectivity index (χ0n) is 19.6. The van der Waals surface area contributed by atoms with Gasteiger partial charge in [0.25, 0.3) is 0 Å². The molecule has 3 aromatic carbocycles. The van der Waals surface area contributed by atoms with Crippen LogP contribution in [0.4, 0.5) is 5.69 Å². The molecular weight excluding hydrogens is 408 g/mol. The summed E-state index contributed by atoms with van der Waals surface area (Å²) in [7, 11) is 0. The number of nitrogens with one attached hydrogen (secondary N) is 1. The highest BCUT2D eigenvalue weighted by molar-refractivity contribution is 6.02. The summed E-state index contributed by atoms with van der Waals surface area (Å²) in [5.41, 5.74) is 6.66. The van der Waals surface area contributed by atoms with E-state index in [1.165, 1.54) is 11.1 Å². The maximum Gasteiger partial charge on any atom is 0.248 e. The summed E-state index contributed by atoms with van der Waals surface area (Å²) in [6.45, 7) is 8.72. The molecule has 4 rings (SSSR count). The molecule has 0 fully saturated rings. The molecule has 0 radical (unpaired) electrons. The second kappa shape index (κ2) is 9.86. The van der Waals surface area contributed by atoms with Crippen LogP contribution in [0, 0.1) is 0 Å². The topological polar surface area (TPSA) is 55.1 Å². The Morgan fingerprint density at radius 2 is 1.76 bits per heavy atom. The van der Waals surface area contributed by atoms with Crippen molar-refractivity contribution in [3.8, 4) is 11.5 Å². The van der Waals surface area contributed by atoms with Gasteiger partial charge in [0.2, 0.25) is 11.8 Å². The predicted molar refractivity (Wildman–Crippen MR) is 136 cm³/mol. The van der Waals surface area contributed by atoms with Gasteiger partial charge < -0.3 is 9.73 Å². The van der Waals surface area contributed by atoms with Crippen LogP contribution in [0.5, 0.6) is 0 Å². The van der Waals surface area contributed by atoms with Crippen LogP contribution in [0.2, 0.25) is 0 Å². The quantitative estimate of drug-likeness (QED) is 0.300. The van der Waals surface area contributed by atoms with Gasteiger partial charge in [-0.1, -0.05) is 64.1 Å². The van der Waals surface area contributed by atoms with E-state index in [1.54, 1.807) is 6.08 Å². The van der Waals surface area contributed by atoms with E-state index in [-0.39, 0.29) is 5.91 Å². The van der Waals surface area contributed by atoms with Crippen molar-refractivity contribution in [1.82, 2.24) is 4.98 Å². The van der Waals surface area contributed by atoms with Crippen molar-refractivity contribution in [3.63, 3.8) is 0 Å². The third kappa shape index (κ3) is 5.40. The molecule has 0 bridgehead atoms. The zero-order valence-corrected chi connectivity index (χ0v) is 19.6. The number of aromatic nitrogens is 1. The lowest BCUT2D eigenvalue weighted by Gasteiger charge is -2.07. The second-order valence-corrected chi connectivity index (χ2v) is 8.78. The fourth-order valence-corrected chi connectivity index (χ4v) is 3.69. The Balaban J connectivity index is 1.48. The number of nitrogens with zero attached hydrogens (tertiary/aromatic N) is 1. The van der Waals surface area contributed by atoms with Crippen molar-refractivity contribution in [3.05, 3.63) is 89.5 Å². The normalized spacial score (nSPS) is 12.5. The summed E-state index contributed by atoms with van der Waals surface area (Å²) in [5.74, 6) is 1.33. The Kier molecular flexibility index (Phi) is 6.74. The number of carbonyl (C=O) groups is 1. The number of benzene rings is 3. The third-order valence-corrected chi connectivity index (χ3v) is 6.00. The Bertz CT molecular complexity index is 1280. The van der Waals surface area contributed by atoms with Gasteiger partial charge in [0.05, 0.1) is 0 Å². The summed E-state index contributed by atoms with van der Waals surface area (Å²) in [6, 6.07) is 22.0. The van der Waals surface area contributed by atoms with E-state index >= 15 is 0 Å². The van der Waals surface area contributed by atoms with Crippen LogP contribution in [0.3, 0.4) is 0 Å². The fraction of sp³-hybridized carbons (Fsp3) is 0.241. The molecule has 1 aromatic heterocycles. The first-order valence-electron chi connectivity index (χ1n) is 11.5. The number of hydrogen-bond acceptors (Lipinski definition) is 3. The van der Waals surface area contributed by atoms with E-state index in [9.17, 15) is 4.79 Å². The summed E-state index contributed by atoms with van der Waals surface area (Å²) >= 11 is 0. The molecule has 1 N–H and O–H groups in total. The lowest BCUT2D eigenvalue weighted by atomic mass is 9.98. The summed E-state index contributed by atoms with van der Waals surface area (Å²) in [4.78, 5) is 17.1. The van der Waals surface area contributed by atoms with Gasteiger partial charge in [-0.2, -0.15) is 0 Å². The van der Waals surface area contributed by atoms with E-state index < -0.39 is 0 Å². The Hall–Kier alpha value is -3.66. The Labute approximate surface area is 195 Å². The van der Waals surface area contributed by atoms with Crippen LogP contribution < -0.4 is 5.32 Å². The molecular formula is C29H30N2O2. The number of oxazole rings is 1. The van der Waals surface area contributed by atoms with E-state index in [4.69, 9.17) is 4.42 Å². The highest BCUT2D eigenvalue weighted by Gasteiger charge is 2.12. The van der Waals surface area contributed by atoms with Gasteiger partial charge in [-0.05, 0) is 71.4 Å². The molecule has 0 unspecified atom stereocenters. The van der Waals surface area contributed by atoms with Crippen molar-refractivity contribution < 1.29 is 9.21 Å². The molecule has 0 spiro atoms. The van der Waals surface area contributed by atoms with Gasteiger partial charge >= 0.3 is 0 Å². The maximum atomic E-state index is 12.4. The van der Waals surface area contributed by atoms with Gasteiger partial charge in [0.15, 0.2) is 5.58 Å². The largest absolute Gasteiger partial charge is 0.436 e. The highest BCUT2D eigenvalue weighted by Crippen LogP contribution is 2.29. The smallest absolute Gasteiger partial charge is 0.248 e. The molecule has 168 valence electrons. The molecule has 4 aromatic rings. The predicted octanol–water partition coefficient (Wildman–Crippen LogP) is 7.78. The molecule has 0 saturated heterocycles. The standard InChI is InChI=1S/C29H30N2O2/c1-5-20(4)23-14-15-27-26(18-23)31-29(33-27)24-7-6-8-25(17-24)30-28(32)16-11-21-9-12-22(13-10-21)19(2)3/h6-20H,5H2,1-4H3,(H,30,32)/b16-11+/t20-/m0/s1. The monoisotopic (exact) mass is 438 g/mol. The average molecular weight is 439 g/mol. The molecule has 4 heteroatoms. The molecule has 0 aliphatic heterocycles. The van der Waals surface area contributed by atoms with Crippen LogP contribution in [0.25, 0.3) is 28.6 Å². The molecule has 33 heavy (non-hydrogen) atoms. The van der Waals surface area contributed by atoms with Crippen molar-refractivity contribution in [2.45, 2.75) is 46.0 Å². The third-order valence-electron chi connectivity index (χ3n) is 6.00. The molecule has 0 saturated carbocycles. The first-order valence-corrected chi connectivity index (χ1v) is 11.5. The molecule has 1 atom stereocenters. The fourth-order valence-electron chi connectivity index (χ4n) is 3.69. The second-order valence-electron chi connectivity index (χ2n) is 8.78. The lowest BCUT2D eigenvalue weighted by molar-refractivity contribution is -0.111. The molecule has 1 amide bonds. The van der Waals surface area contributed by atoms with Crippen LogP contribution in [0.1, 0.15) is 62.6 Å². The average Bonchev–Trinajstić information content (AvgIpc) is 3.26. The van der Waals surface area contributed by atoms with Crippen LogP contribution in [0.15, 0.2) is 77.2 Å². The zero-order chi connectivity index (χ0) is 23.4. The van der Waals surface area contributed by atoms with E-state index in [0.29, 0.717) is 23.4 Å². The molecule has 0 aliphatic rings. The van der Waals surface area contributed by atoms with Crippen LogP contribution >= 0.6 is 0 Å². The van der Waals surface area contributed by atoms with Crippen LogP contribution in [-0.4, -0.2) is 10.9 Å². The summed E-state index contributed by atoms with van der Waals surface area (Å²) in [5, 5.41) is 2.92. The van der Waals surface area contributed by atoms with E-state index in [0.717, 1.165) is 28.6 Å². The maximum absolute atomic E-state index is 12.4. The number of anilines is 1. The minimum atomic E-state index is -0.184. The van der Waals surface area contributed by atoms with Gasteiger partial charge in [-0.25, -0.2) is 4.98 Å². The minimum Gasteiger partial charge on any atom is -0.436 e. The number of fused-ring (bicyclic) bond motifs is 1.